The fraction of sp³-hybridized carbons (Fsp3) is 0.167. The summed E-state index contributed by atoms with van der Waals surface area (Å²) in [5.74, 6) is 0.0647. The molecule has 0 saturated carbocycles. The molecule has 0 aliphatic carbocycles. The normalized spacial score (nSPS) is 10.5. The highest BCUT2D eigenvalue weighted by Gasteiger charge is 2.08. The van der Waals surface area contributed by atoms with Crippen molar-refractivity contribution in [2.75, 3.05) is 11.9 Å². The van der Waals surface area contributed by atoms with Crippen molar-refractivity contribution in [3.63, 3.8) is 0 Å². The van der Waals surface area contributed by atoms with E-state index in [0.29, 0.717) is 22.8 Å². The lowest BCUT2D eigenvalue weighted by Crippen LogP contribution is -2.20. The molecule has 0 aliphatic heterocycles. The van der Waals surface area contributed by atoms with Gasteiger partial charge in [0.1, 0.15) is 5.75 Å². The molecule has 1 amide bonds. The predicted octanol–water partition coefficient (Wildman–Crippen LogP) is 2.66. The number of ether oxygens (including phenoxy) is 1. The Balaban J connectivity index is 1.65. The maximum absolute atomic E-state index is 12.1. The van der Waals surface area contributed by atoms with Crippen LogP contribution in [-0.2, 0) is 4.79 Å². The van der Waals surface area contributed by atoms with Crippen LogP contribution in [0, 0.1) is 13.8 Å². The minimum absolute atomic E-state index is 0.102. The highest BCUT2D eigenvalue weighted by Crippen LogP contribution is 2.20. The van der Waals surface area contributed by atoms with Crippen LogP contribution in [0.4, 0.5) is 5.69 Å². The Morgan fingerprint density at radius 2 is 2.08 bits per heavy atom. The smallest absolute Gasteiger partial charge is 0.439 e. The maximum Gasteiger partial charge on any atom is 0.439 e. The number of anilines is 1. The Labute approximate surface area is 143 Å². The highest BCUT2D eigenvalue weighted by molar-refractivity contribution is 5.92. The van der Waals surface area contributed by atoms with Crippen LogP contribution in [0.1, 0.15) is 11.1 Å². The molecule has 0 saturated heterocycles. The number of H-pyrrole nitrogens is 1. The molecule has 1 heterocycles. The summed E-state index contributed by atoms with van der Waals surface area (Å²) in [4.78, 5) is 25.6. The van der Waals surface area contributed by atoms with E-state index in [0.717, 1.165) is 11.1 Å². The van der Waals surface area contributed by atoms with Crippen molar-refractivity contribution in [1.82, 2.24) is 10.1 Å². The lowest BCUT2D eigenvalue weighted by molar-refractivity contribution is -0.118. The van der Waals surface area contributed by atoms with Crippen LogP contribution in [-0.4, -0.2) is 22.7 Å². The van der Waals surface area contributed by atoms with Gasteiger partial charge in [0, 0.05) is 11.3 Å². The second kappa shape index (κ2) is 7.04. The number of carbonyl (C=O) groups is 1. The SMILES string of the molecule is Cc1ccc(C)c(OCC(=O)Nc2cccc(-c3noc(=O)[nH]3)c2)c1. The molecule has 0 aliphatic rings. The van der Waals surface area contributed by atoms with Gasteiger partial charge in [0.05, 0.1) is 0 Å². The van der Waals surface area contributed by atoms with Gasteiger partial charge in [-0.1, -0.05) is 29.4 Å². The number of rotatable bonds is 5. The van der Waals surface area contributed by atoms with Gasteiger partial charge in [0.15, 0.2) is 12.4 Å². The van der Waals surface area contributed by atoms with E-state index in [4.69, 9.17) is 4.74 Å². The van der Waals surface area contributed by atoms with Crippen molar-refractivity contribution in [2.45, 2.75) is 13.8 Å². The summed E-state index contributed by atoms with van der Waals surface area (Å²) in [5.41, 5.74) is 3.22. The minimum atomic E-state index is -0.633. The zero-order valence-corrected chi connectivity index (χ0v) is 13.8. The van der Waals surface area contributed by atoms with E-state index in [-0.39, 0.29) is 12.5 Å². The van der Waals surface area contributed by atoms with E-state index in [1.54, 1.807) is 24.3 Å². The van der Waals surface area contributed by atoms with E-state index in [2.05, 4.69) is 20.0 Å². The number of aromatic nitrogens is 2. The second-order valence-electron chi connectivity index (χ2n) is 5.63. The Hall–Kier alpha value is -3.35. The van der Waals surface area contributed by atoms with Crippen LogP contribution in [0.15, 0.2) is 51.8 Å². The molecule has 0 radical (unpaired) electrons. The first-order chi connectivity index (χ1) is 12.0. The average Bonchev–Trinajstić information content (AvgIpc) is 3.02. The first-order valence-corrected chi connectivity index (χ1v) is 7.67. The third-order valence-electron chi connectivity index (χ3n) is 3.56. The number of nitrogens with one attached hydrogen (secondary N) is 2. The first-order valence-electron chi connectivity index (χ1n) is 7.67. The van der Waals surface area contributed by atoms with Crippen molar-refractivity contribution >= 4 is 11.6 Å². The molecule has 0 fully saturated rings. The fourth-order valence-corrected chi connectivity index (χ4v) is 2.30. The molecule has 1 aromatic heterocycles. The topological polar surface area (TPSA) is 97.2 Å². The quantitative estimate of drug-likeness (QED) is 0.745. The van der Waals surface area contributed by atoms with E-state index >= 15 is 0 Å². The molecule has 7 nitrogen and oxygen atoms in total. The third kappa shape index (κ3) is 4.14. The number of hydrogen-bond donors (Lipinski definition) is 2. The molecule has 25 heavy (non-hydrogen) atoms. The van der Waals surface area contributed by atoms with Crippen LogP contribution in [0.25, 0.3) is 11.4 Å². The lowest BCUT2D eigenvalue weighted by atomic mass is 10.1. The minimum Gasteiger partial charge on any atom is -0.483 e. The Morgan fingerprint density at radius 3 is 2.84 bits per heavy atom. The van der Waals surface area contributed by atoms with E-state index < -0.39 is 5.76 Å². The van der Waals surface area contributed by atoms with E-state index in [1.165, 1.54) is 0 Å². The highest BCUT2D eigenvalue weighted by atomic mass is 16.5. The Bertz CT molecular complexity index is 959. The Morgan fingerprint density at radius 1 is 1.24 bits per heavy atom. The third-order valence-corrected chi connectivity index (χ3v) is 3.56. The van der Waals surface area contributed by atoms with Crippen molar-refractivity contribution in [3.8, 4) is 17.1 Å². The van der Waals surface area contributed by atoms with Crippen LogP contribution >= 0.6 is 0 Å². The number of aromatic amines is 1. The zero-order chi connectivity index (χ0) is 17.8. The van der Waals surface area contributed by atoms with Gasteiger partial charge < -0.3 is 10.1 Å². The van der Waals surface area contributed by atoms with Gasteiger partial charge in [-0.15, -0.1) is 0 Å². The van der Waals surface area contributed by atoms with Gasteiger partial charge in [0.25, 0.3) is 5.91 Å². The number of benzene rings is 2. The van der Waals surface area contributed by atoms with E-state index in [1.807, 2.05) is 32.0 Å². The molecule has 3 aromatic rings. The van der Waals surface area contributed by atoms with Gasteiger partial charge in [-0.05, 0) is 43.2 Å². The molecule has 0 unspecified atom stereocenters. The zero-order valence-electron chi connectivity index (χ0n) is 13.8. The van der Waals surface area contributed by atoms with Crippen molar-refractivity contribution in [1.29, 1.82) is 0 Å². The standard InChI is InChI=1S/C18H17N3O4/c1-11-6-7-12(2)15(8-11)24-10-16(22)19-14-5-3-4-13(9-14)17-20-18(23)25-21-17/h3-9H,10H2,1-2H3,(H,19,22)(H,20,21,23). The Kier molecular flexibility index (Phi) is 4.65. The lowest BCUT2D eigenvalue weighted by Gasteiger charge is -2.10. The fourth-order valence-electron chi connectivity index (χ4n) is 2.30. The molecular formula is C18H17N3O4. The van der Waals surface area contributed by atoms with Gasteiger partial charge in [-0.3, -0.25) is 14.3 Å². The summed E-state index contributed by atoms with van der Waals surface area (Å²) < 4.78 is 10.1. The summed E-state index contributed by atoms with van der Waals surface area (Å²) in [6.45, 7) is 3.79. The number of aryl methyl sites for hydroxylation is 2. The van der Waals surface area contributed by atoms with Crippen LogP contribution in [0.3, 0.4) is 0 Å². The average molecular weight is 339 g/mol. The van der Waals surface area contributed by atoms with Gasteiger partial charge in [-0.2, -0.15) is 0 Å². The largest absolute Gasteiger partial charge is 0.483 e. The predicted molar refractivity (Wildman–Crippen MR) is 92.6 cm³/mol. The van der Waals surface area contributed by atoms with Crippen LogP contribution in [0.5, 0.6) is 5.75 Å². The number of carbonyl (C=O) groups excluding carboxylic acids is 1. The maximum atomic E-state index is 12.1. The summed E-state index contributed by atoms with van der Waals surface area (Å²) in [6.07, 6.45) is 0. The molecule has 0 bridgehead atoms. The van der Waals surface area contributed by atoms with Crippen LogP contribution in [0.2, 0.25) is 0 Å². The molecule has 3 rings (SSSR count). The molecule has 7 heteroatoms. The first kappa shape index (κ1) is 16.5. The summed E-state index contributed by atoms with van der Waals surface area (Å²) >= 11 is 0. The summed E-state index contributed by atoms with van der Waals surface area (Å²) in [5, 5.41) is 6.37. The molecule has 128 valence electrons. The number of hydrogen-bond acceptors (Lipinski definition) is 5. The molecule has 0 spiro atoms. The van der Waals surface area contributed by atoms with Gasteiger partial charge >= 0.3 is 5.76 Å². The van der Waals surface area contributed by atoms with Crippen molar-refractivity contribution < 1.29 is 14.1 Å². The van der Waals surface area contributed by atoms with E-state index in [9.17, 15) is 9.59 Å². The number of nitrogens with zero attached hydrogens (tertiary/aromatic N) is 1. The number of amides is 1. The second-order valence-corrected chi connectivity index (χ2v) is 5.63. The molecule has 0 atom stereocenters. The monoisotopic (exact) mass is 339 g/mol. The van der Waals surface area contributed by atoms with Crippen LogP contribution < -0.4 is 15.8 Å². The molecule has 2 N–H and O–H groups in total. The molecule has 2 aromatic carbocycles. The summed E-state index contributed by atoms with van der Waals surface area (Å²) in [7, 11) is 0. The van der Waals surface area contributed by atoms with Crippen molar-refractivity contribution in [3.05, 3.63) is 64.1 Å². The summed E-state index contributed by atoms with van der Waals surface area (Å²) in [6, 6.07) is 12.7. The van der Waals surface area contributed by atoms with Gasteiger partial charge in [-0.25, -0.2) is 4.79 Å². The molecular weight excluding hydrogens is 322 g/mol. The van der Waals surface area contributed by atoms with Gasteiger partial charge in [0.2, 0.25) is 0 Å². The van der Waals surface area contributed by atoms with Crippen molar-refractivity contribution in [2.24, 2.45) is 0 Å².